The molecule has 0 radical (unpaired) electrons. The van der Waals surface area contributed by atoms with Crippen LogP contribution in [0.25, 0.3) is 0 Å². The lowest BCUT2D eigenvalue weighted by atomic mass is 10.1. The summed E-state index contributed by atoms with van der Waals surface area (Å²) in [6.07, 6.45) is 0.439. The summed E-state index contributed by atoms with van der Waals surface area (Å²) in [7, 11) is 0. The molecule has 0 aliphatic rings. The van der Waals surface area contributed by atoms with Crippen molar-refractivity contribution in [3.05, 3.63) is 63.1 Å². The number of amides is 2. The molecule has 1 unspecified atom stereocenters. The fourth-order valence-corrected chi connectivity index (χ4v) is 3.49. The van der Waals surface area contributed by atoms with E-state index in [1.165, 1.54) is 4.90 Å². The molecule has 1 N–H and O–H groups in total. The van der Waals surface area contributed by atoms with E-state index in [1.54, 1.807) is 42.5 Å². The minimum atomic E-state index is -0.663. The maximum absolute atomic E-state index is 13.0. The number of nitrogens with zero attached hydrogens (tertiary/aromatic N) is 1. The van der Waals surface area contributed by atoms with Gasteiger partial charge in [-0.15, -0.1) is 0 Å². The van der Waals surface area contributed by atoms with E-state index < -0.39 is 6.04 Å². The molecule has 2 aromatic carbocycles. The predicted molar refractivity (Wildman–Crippen MR) is 117 cm³/mol. The Labute approximate surface area is 185 Å². The minimum absolute atomic E-state index is 0.149. The number of hydrogen-bond donors (Lipinski definition) is 1. The molecule has 0 spiro atoms. The molecular formula is C21H23Cl3N2O3. The van der Waals surface area contributed by atoms with Crippen molar-refractivity contribution >= 4 is 46.6 Å². The van der Waals surface area contributed by atoms with Crippen LogP contribution in [-0.4, -0.2) is 35.9 Å². The van der Waals surface area contributed by atoms with Gasteiger partial charge in [0, 0.05) is 23.1 Å². The van der Waals surface area contributed by atoms with Crippen molar-refractivity contribution in [3.63, 3.8) is 0 Å². The summed E-state index contributed by atoms with van der Waals surface area (Å²) in [6, 6.07) is 11.3. The molecule has 0 fully saturated rings. The van der Waals surface area contributed by atoms with Gasteiger partial charge in [0.15, 0.2) is 6.61 Å². The number of carbonyl (C=O) groups excluding carboxylic acids is 2. The van der Waals surface area contributed by atoms with E-state index >= 15 is 0 Å². The Morgan fingerprint density at radius 2 is 1.79 bits per heavy atom. The maximum atomic E-state index is 13.0. The third-order valence-corrected chi connectivity index (χ3v) is 5.18. The average Bonchev–Trinajstić information content (AvgIpc) is 2.68. The number of ether oxygens (including phenoxy) is 1. The van der Waals surface area contributed by atoms with E-state index in [2.05, 4.69) is 5.32 Å². The van der Waals surface area contributed by atoms with Gasteiger partial charge in [0.2, 0.25) is 5.91 Å². The summed E-state index contributed by atoms with van der Waals surface area (Å²) in [5, 5.41) is 4.10. The average molecular weight is 458 g/mol. The van der Waals surface area contributed by atoms with Crippen molar-refractivity contribution in [3.8, 4) is 5.75 Å². The van der Waals surface area contributed by atoms with E-state index in [-0.39, 0.29) is 25.0 Å². The summed E-state index contributed by atoms with van der Waals surface area (Å²) >= 11 is 18.3. The van der Waals surface area contributed by atoms with Gasteiger partial charge < -0.3 is 15.0 Å². The fourth-order valence-electron chi connectivity index (χ4n) is 2.83. The molecule has 2 aromatic rings. The SMILES string of the molecule is CCNC(=O)C(CC)N(Cc1ccc(Cl)cc1Cl)C(=O)COc1ccccc1Cl. The Hall–Kier alpha value is -1.95. The first-order valence-electron chi connectivity index (χ1n) is 9.25. The van der Waals surface area contributed by atoms with Crippen LogP contribution < -0.4 is 10.1 Å². The molecule has 0 saturated heterocycles. The highest BCUT2D eigenvalue weighted by Gasteiger charge is 2.29. The van der Waals surface area contributed by atoms with Crippen LogP contribution >= 0.6 is 34.8 Å². The number of carbonyl (C=O) groups is 2. The van der Waals surface area contributed by atoms with Gasteiger partial charge in [-0.3, -0.25) is 9.59 Å². The Balaban J connectivity index is 2.25. The molecule has 0 heterocycles. The Morgan fingerprint density at radius 3 is 2.41 bits per heavy atom. The summed E-state index contributed by atoms with van der Waals surface area (Å²) < 4.78 is 5.59. The lowest BCUT2D eigenvalue weighted by Gasteiger charge is -2.30. The van der Waals surface area contributed by atoms with Crippen molar-refractivity contribution in [2.24, 2.45) is 0 Å². The minimum Gasteiger partial charge on any atom is -0.482 e. The molecular weight excluding hydrogens is 435 g/mol. The fraction of sp³-hybridized carbons (Fsp3) is 0.333. The van der Waals surface area contributed by atoms with Crippen LogP contribution in [0.4, 0.5) is 0 Å². The Morgan fingerprint density at radius 1 is 1.07 bits per heavy atom. The number of para-hydroxylation sites is 1. The van der Waals surface area contributed by atoms with E-state index in [4.69, 9.17) is 39.5 Å². The van der Waals surface area contributed by atoms with E-state index in [1.807, 2.05) is 13.8 Å². The number of hydrogen-bond acceptors (Lipinski definition) is 3. The van der Waals surface area contributed by atoms with Crippen LogP contribution in [0, 0.1) is 0 Å². The molecule has 5 nitrogen and oxygen atoms in total. The molecule has 0 aromatic heterocycles. The smallest absolute Gasteiger partial charge is 0.261 e. The normalized spacial score (nSPS) is 11.6. The molecule has 0 aliphatic carbocycles. The van der Waals surface area contributed by atoms with Crippen LogP contribution in [-0.2, 0) is 16.1 Å². The van der Waals surface area contributed by atoms with Crippen LogP contribution in [0.3, 0.4) is 0 Å². The number of likely N-dealkylation sites (N-methyl/N-ethyl adjacent to an activating group) is 1. The zero-order valence-corrected chi connectivity index (χ0v) is 18.5. The molecule has 0 aliphatic heterocycles. The monoisotopic (exact) mass is 456 g/mol. The second kappa shape index (κ2) is 11.3. The van der Waals surface area contributed by atoms with E-state index in [0.717, 1.165) is 0 Å². The zero-order valence-electron chi connectivity index (χ0n) is 16.3. The van der Waals surface area contributed by atoms with Crippen molar-refractivity contribution in [1.29, 1.82) is 0 Å². The third kappa shape index (κ3) is 6.53. The third-order valence-electron chi connectivity index (χ3n) is 4.28. The van der Waals surface area contributed by atoms with Gasteiger partial charge in [0.25, 0.3) is 5.91 Å². The molecule has 1 atom stereocenters. The molecule has 29 heavy (non-hydrogen) atoms. The van der Waals surface area contributed by atoms with Gasteiger partial charge in [-0.05, 0) is 43.2 Å². The van der Waals surface area contributed by atoms with Gasteiger partial charge in [0.1, 0.15) is 11.8 Å². The second-order valence-corrected chi connectivity index (χ2v) is 7.55. The van der Waals surface area contributed by atoms with E-state index in [0.29, 0.717) is 39.3 Å². The first kappa shape index (κ1) is 23.3. The standard InChI is InChI=1S/C21H23Cl3N2O3/c1-3-18(21(28)25-4-2)26(12-14-9-10-15(22)11-17(14)24)20(27)13-29-19-8-6-5-7-16(19)23/h5-11,18H,3-4,12-13H2,1-2H3,(H,25,28). The van der Waals surface area contributed by atoms with Crippen LogP contribution in [0.15, 0.2) is 42.5 Å². The highest BCUT2D eigenvalue weighted by atomic mass is 35.5. The zero-order chi connectivity index (χ0) is 21.4. The quantitative estimate of drug-likeness (QED) is 0.578. The molecule has 0 saturated carbocycles. The number of nitrogens with one attached hydrogen (secondary N) is 1. The van der Waals surface area contributed by atoms with Crippen molar-refractivity contribution in [1.82, 2.24) is 10.2 Å². The summed E-state index contributed by atoms with van der Waals surface area (Å²) in [4.78, 5) is 27.1. The van der Waals surface area contributed by atoms with Gasteiger partial charge in [0.05, 0.1) is 5.02 Å². The molecule has 8 heteroatoms. The van der Waals surface area contributed by atoms with Crippen molar-refractivity contribution in [2.75, 3.05) is 13.2 Å². The van der Waals surface area contributed by atoms with Gasteiger partial charge in [-0.25, -0.2) is 0 Å². The maximum Gasteiger partial charge on any atom is 0.261 e. The second-order valence-electron chi connectivity index (χ2n) is 6.30. The first-order chi connectivity index (χ1) is 13.9. The summed E-state index contributed by atoms with van der Waals surface area (Å²) in [5.74, 6) is -0.182. The Kier molecular flexibility index (Phi) is 9.08. The first-order valence-corrected chi connectivity index (χ1v) is 10.4. The highest BCUT2D eigenvalue weighted by molar-refractivity contribution is 6.35. The predicted octanol–water partition coefficient (Wildman–Crippen LogP) is 4.97. The van der Waals surface area contributed by atoms with Gasteiger partial charge in [-0.1, -0.05) is 59.9 Å². The highest BCUT2D eigenvalue weighted by Crippen LogP contribution is 2.25. The summed E-state index contributed by atoms with van der Waals surface area (Å²) in [6.45, 7) is 4.03. The number of rotatable bonds is 9. The molecule has 2 rings (SSSR count). The van der Waals surface area contributed by atoms with Crippen molar-refractivity contribution < 1.29 is 14.3 Å². The van der Waals surface area contributed by atoms with Crippen LogP contribution in [0.5, 0.6) is 5.75 Å². The summed E-state index contributed by atoms with van der Waals surface area (Å²) in [5.41, 5.74) is 0.685. The van der Waals surface area contributed by atoms with Crippen molar-refractivity contribution in [2.45, 2.75) is 32.9 Å². The molecule has 156 valence electrons. The number of halogens is 3. The van der Waals surface area contributed by atoms with E-state index in [9.17, 15) is 9.59 Å². The van der Waals surface area contributed by atoms with Gasteiger partial charge >= 0.3 is 0 Å². The lowest BCUT2D eigenvalue weighted by molar-refractivity contribution is -0.142. The van der Waals surface area contributed by atoms with Gasteiger partial charge in [-0.2, -0.15) is 0 Å². The Bertz CT molecular complexity index is 861. The molecule has 2 amide bonds. The largest absolute Gasteiger partial charge is 0.482 e. The van der Waals surface area contributed by atoms with Crippen LogP contribution in [0.1, 0.15) is 25.8 Å². The number of benzene rings is 2. The molecule has 0 bridgehead atoms. The lowest BCUT2D eigenvalue weighted by Crippen LogP contribution is -2.50. The van der Waals surface area contributed by atoms with Crippen LogP contribution in [0.2, 0.25) is 15.1 Å². The topological polar surface area (TPSA) is 58.6 Å².